The Morgan fingerprint density at radius 1 is 0.964 bits per heavy atom. The summed E-state index contributed by atoms with van der Waals surface area (Å²) in [4.78, 5) is 25.2. The molecule has 0 unspecified atom stereocenters. The van der Waals surface area contributed by atoms with E-state index in [2.05, 4.69) is 10.6 Å². The third-order valence-corrected chi connectivity index (χ3v) is 5.10. The molecule has 0 spiro atoms. The predicted octanol–water partition coefficient (Wildman–Crippen LogP) is 3.23. The summed E-state index contributed by atoms with van der Waals surface area (Å²) in [7, 11) is 1.61. The highest BCUT2D eigenvalue weighted by Crippen LogP contribution is 2.46. The molecule has 0 bridgehead atoms. The number of carbonyl (C=O) groups excluding carboxylic acids is 2. The van der Waals surface area contributed by atoms with Gasteiger partial charge in [0.1, 0.15) is 23.5 Å². The molecule has 0 aromatic heterocycles. The molecule has 1 fully saturated rings. The Hall–Kier alpha value is -3.02. The molecular formula is C22H26N2O4. The van der Waals surface area contributed by atoms with Gasteiger partial charge in [0.05, 0.1) is 13.7 Å². The number of ether oxygens (including phenoxy) is 2. The van der Waals surface area contributed by atoms with E-state index in [4.69, 9.17) is 9.47 Å². The van der Waals surface area contributed by atoms with Crippen LogP contribution in [0.15, 0.2) is 42.5 Å². The van der Waals surface area contributed by atoms with E-state index in [-0.39, 0.29) is 11.8 Å². The molecule has 0 heterocycles. The zero-order valence-electron chi connectivity index (χ0n) is 16.5. The van der Waals surface area contributed by atoms with Crippen LogP contribution >= 0.6 is 0 Å². The molecule has 2 N–H and O–H groups in total. The first-order chi connectivity index (χ1) is 13.4. The van der Waals surface area contributed by atoms with Gasteiger partial charge in [-0.15, -0.1) is 0 Å². The minimum atomic E-state index is -0.959. The fraction of sp³-hybridized carbons (Fsp3) is 0.364. The van der Waals surface area contributed by atoms with Crippen LogP contribution in [-0.4, -0.2) is 32.1 Å². The molecule has 6 heteroatoms. The number of anilines is 1. The zero-order valence-corrected chi connectivity index (χ0v) is 16.5. The lowest BCUT2D eigenvalue weighted by molar-refractivity contribution is -0.134. The second kappa shape index (κ2) is 8.33. The number of amides is 2. The molecule has 28 heavy (non-hydrogen) atoms. The number of rotatable bonds is 8. The largest absolute Gasteiger partial charge is 0.497 e. The molecule has 0 atom stereocenters. The summed E-state index contributed by atoms with van der Waals surface area (Å²) in [5.74, 6) is 0.964. The van der Waals surface area contributed by atoms with Gasteiger partial charge < -0.3 is 20.1 Å². The average molecular weight is 382 g/mol. The quantitative estimate of drug-likeness (QED) is 0.543. The van der Waals surface area contributed by atoms with Crippen LogP contribution in [0.5, 0.6) is 11.5 Å². The summed E-state index contributed by atoms with van der Waals surface area (Å²) in [6, 6.07) is 13.0. The Labute approximate surface area is 165 Å². The molecule has 0 aliphatic heterocycles. The lowest BCUT2D eigenvalue weighted by Gasteiger charge is -2.16. The van der Waals surface area contributed by atoms with Crippen LogP contribution in [0.25, 0.3) is 0 Å². The second-order valence-corrected chi connectivity index (χ2v) is 7.12. The number of benzene rings is 2. The van der Waals surface area contributed by atoms with Gasteiger partial charge in [-0.2, -0.15) is 0 Å². The topological polar surface area (TPSA) is 76.7 Å². The number of carbonyl (C=O) groups is 2. The lowest BCUT2D eigenvalue weighted by atomic mass is 10.0. The van der Waals surface area contributed by atoms with E-state index in [1.54, 1.807) is 19.2 Å². The molecule has 0 saturated heterocycles. The van der Waals surface area contributed by atoms with Crippen molar-refractivity contribution in [1.82, 2.24) is 5.32 Å². The summed E-state index contributed by atoms with van der Waals surface area (Å²) in [5, 5.41) is 5.69. The Morgan fingerprint density at radius 2 is 1.64 bits per heavy atom. The Balaban J connectivity index is 1.47. The molecule has 2 amide bonds. The van der Waals surface area contributed by atoms with Gasteiger partial charge in [0, 0.05) is 5.69 Å². The third-order valence-electron chi connectivity index (χ3n) is 5.10. The van der Waals surface area contributed by atoms with Gasteiger partial charge in [-0.3, -0.25) is 9.59 Å². The minimum absolute atomic E-state index is 0.243. The Bertz CT molecular complexity index is 857. The van der Waals surface area contributed by atoms with Crippen molar-refractivity contribution < 1.29 is 19.1 Å². The van der Waals surface area contributed by atoms with Crippen molar-refractivity contribution in [3.8, 4) is 11.5 Å². The van der Waals surface area contributed by atoms with Crippen LogP contribution in [0.2, 0.25) is 0 Å². The zero-order chi connectivity index (χ0) is 20.1. The fourth-order valence-corrected chi connectivity index (χ4v) is 2.93. The summed E-state index contributed by atoms with van der Waals surface area (Å²) in [6.45, 7) is 4.68. The highest BCUT2D eigenvalue weighted by atomic mass is 16.5. The van der Waals surface area contributed by atoms with Gasteiger partial charge in [-0.25, -0.2) is 0 Å². The first kappa shape index (κ1) is 19.7. The van der Waals surface area contributed by atoms with Crippen molar-refractivity contribution in [2.75, 3.05) is 25.6 Å². The summed E-state index contributed by atoms with van der Waals surface area (Å²) < 4.78 is 10.7. The maximum absolute atomic E-state index is 12.6. The lowest BCUT2D eigenvalue weighted by Crippen LogP contribution is -2.41. The number of nitrogens with one attached hydrogen (secondary N) is 2. The summed E-state index contributed by atoms with van der Waals surface area (Å²) >= 11 is 0. The standard InChI is InChI=1S/C22H26N2O4/c1-15-4-5-17(14-16(15)2)24-21(26)22(10-11-22)20(25)23-12-13-28-19-8-6-18(27-3)7-9-19/h4-9,14H,10-13H2,1-3H3,(H,23,25)(H,24,26). The molecule has 6 nitrogen and oxygen atoms in total. The Kier molecular flexibility index (Phi) is 5.87. The molecule has 0 radical (unpaired) electrons. The van der Waals surface area contributed by atoms with E-state index >= 15 is 0 Å². The summed E-state index contributed by atoms with van der Waals surface area (Å²) in [5.41, 5.74) is 2.02. The number of methoxy groups -OCH3 is 1. The highest BCUT2D eigenvalue weighted by molar-refractivity contribution is 6.13. The van der Waals surface area contributed by atoms with Gasteiger partial charge in [-0.05, 0) is 74.2 Å². The smallest absolute Gasteiger partial charge is 0.240 e. The van der Waals surface area contributed by atoms with E-state index in [0.29, 0.717) is 31.7 Å². The van der Waals surface area contributed by atoms with Gasteiger partial charge in [-0.1, -0.05) is 6.07 Å². The van der Waals surface area contributed by atoms with Gasteiger partial charge >= 0.3 is 0 Å². The van der Waals surface area contributed by atoms with Gasteiger partial charge in [0.2, 0.25) is 11.8 Å². The maximum atomic E-state index is 12.6. The van der Waals surface area contributed by atoms with Gasteiger partial charge in [0.15, 0.2) is 0 Å². The average Bonchev–Trinajstić information content (AvgIpc) is 3.50. The van der Waals surface area contributed by atoms with E-state index < -0.39 is 5.41 Å². The Morgan fingerprint density at radius 3 is 2.25 bits per heavy atom. The molecule has 1 saturated carbocycles. The highest BCUT2D eigenvalue weighted by Gasteiger charge is 2.56. The van der Waals surface area contributed by atoms with Crippen LogP contribution in [0.3, 0.4) is 0 Å². The van der Waals surface area contributed by atoms with Crippen LogP contribution < -0.4 is 20.1 Å². The SMILES string of the molecule is COc1ccc(OCCNC(=O)C2(C(=O)Nc3ccc(C)c(C)c3)CC2)cc1. The number of hydrogen-bond acceptors (Lipinski definition) is 4. The predicted molar refractivity (Wildman–Crippen MR) is 108 cm³/mol. The number of hydrogen-bond donors (Lipinski definition) is 2. The van der Waals surface area contributed by atoms with Crippen molar-refractivity contribution in [2.24, 2.45) is 5.41 Å². The third kappa shape index (κ3) is 4.44. The minimum Gasteiger partial charge on any atom is -0.497 e. The monoisotopic (exact) mass is 382 g/mol. The van der Waals surface area contributed by atoms with Crippen molar-refractivity contribution >= 4 is 17.5 Å². The van der Waals surface area contributed by atoms with E-state index in [1.807, 2.05) is 44.2 Å². The van der Waals surface area contributed by atoms with Crippen molar-refractivity contribution in [3.05, 3.63) is 53.6 Å². The van der Waals surface area contributed by atoms with E-state index in [1.165, 1.54) is 0 Å². The fourth-order valence-electron chi connectivity index (χ4n) is 2.93. The molecule has 1 aliphatic carbocycles. The van der Waals surface area contributed by atoms with E-state index in [0.717, 1.165) is 22.6 Å². The second-order valence-electron chi connectivity index (χ2n) is 7.12. The van der Waals surface area contributed by atoms with Crippen molar-refractivity contribution in [2.45, 2.75) is 26.7 Å². The van der Waals surface area contributed by atoms with Crippen LogP contribution in [0, 0.1) is 19.3 Å². The molecule has 2 aromatic carbocycles. The van der Waals surface area contributed by atoms with Crippen molar-refractivity contribution in [1.29, 1.82) is 0 Å². The summed E-state index contributed by atoms with van der Waals surface area (Å²) in [6.07, 6.45) is 1.13. The molecular weight excluding hydrogens is 356 g/mol. The molecule has 2 aromatic rings. The van der Waals surface area contributed by atoms with E-state index in [9.17, 15) is 9.59 Å². The molecule has 3 rings (SSSR count). The van der Waals surface area contributed by atoms with Crippen LogP contribution in [0.4, 0.5) is 5.69 Å². The van der Waals surface area contributed by atoms with Crippen LogP contribution in [0.1, 0.15) is 24.0 Å². The van der Waals surface area contributed by atoms with Crippen molar-refractivity contribution in [3.63, 3.8) is 0 Å². The number of aryl methyl sites for hydroxylation is 2. The normalized spacial score (nSPS) is 14.1. The first-order valence-electron chi connectivity index (χ1n) is 9.38. The maximum Gasteiger partial charge on any atom is 0.240 e. The first-order valence-corrected chi connectivity index (χ1v) is 9.38. The molecule has 148 valence electrons. The molecule has 1 aliphatic rings. The van der Waals surface area contributed by atoms with Crippen LogP contribution in [-0.2, 0) is 9.59 Å². The van der Waals surface area contributed by atoms with Gasteiger partial charge in [0.25, 0.3) is 0 Å².